The third-order valence-electron chi connectivity index (χ3n) is 4.35. The van der Waals surface area contributed by atoms with Crippen LogP contribution in [-0.2, 0) is 17.5 Å². The van der Waals surface area contributed by atoms with E-state index in [1.807, 2.05) is 19.1 Å². The van der Waals surface area contributed by atoms with Gasteiger partial charge in [-0.15, -0.1) is 0 Å². The van der Waals surface area contributed by atoms with E-state index in [1.54, 1.807) is 25.1 Å². The molecular formula is C20H19F3N4O. The van der Waals surface area contributed by atoms with Gasteiger partial charge in [0.15, 0.2) is 0 Å². The Morgan fingerprint density at radius 1 is 1.14 bits per heavy atom. The number of nitrogens with zero attached hydrogens (tertiary/aromatic N) is 2. The molecule has 0 saturated carbocycles. The van der Waals surface area contributed by atoms with Gasteiger partial charge in [0.05, 0.1) is 11.3 Å². The summed E-state index contributed by atoms with van der Waals surface area (Å²) in [5.41, 5.74) is 8.50. The van der Waals surface area contributed by atoms with Gasteiger partial charge in [0.1, 0.15) is 6.54 Å². The number of nitrogens with two attached hydrogens (primary N) is 1. The molecule has 0 aliphatic heterocycles. The first-order valence-electron chi connectivity index (χ1n) is 8.53. The molecule has 2 aromatic carbocycles. The highest BCUT2D eigenvalue weighted by atomic mass is 19.4. The predicted molar refractivity (Wildman–Crippen MR) is 101 cm³/mol. The molecule has 0 saturated heterocycles. The Labute approximate surface area is 160 Å². The molecule has 1 amide bonds. The second-order valence-corrected chi connectivity index (χ2v) is 6.42. The summed E-state index contributed by atoms with van der Waals surface area (Å²) >= 11 is 0. The van der Waals surface area contributed by atoms with Crippen molar-refractivity contribution in [2.75, 3.05) is 5.32 Å². The lowest BCUT2D eigenvalue weighted by atomic mass is 10.0. The van der Waals surface area contributed by atoms with Crippen molar-refractivity contribution >= 4 is 17.3 Å². The lowest BCUT2D eigenvalue weighted by molar-refractivity contribution is -0.137. The smallest absolute Gasteiger partial charge is 0.368 e. The van der Waals surface area contributed by atoms with Crippen molar-refractivity contribution < 1.29 is 18.0 Å². The molecule has 0 aliphatic rings. The average Bonchev–Trinajstić information content (AvgIpc) is 2.88. The number of anilines is 2. The maximum absolute atomic E-state index is 13.0. The molecule has 0 spiro atoms. The molecular weight excluding hydrogens is 369 g/mol. The maximum atomic E-state index is 13.0. The molecule has 0 fully saturated rings. The molecule has 5 nitrogen and oxygen atoms in total. The number of nitrogens with one attached hydrogen (secondary N) is 1. The number of primary amides is 1. The van der Waals surface area contributed by atoms with E-state index >= 15 is 0 Å². The maximum Gasteiger partial charge on any atom is 0.416 e. The number of benzene rings is 2. The van der Waals surface area contributed by atoms with Crippen molar-refractivity contribution in [3.05, 3.63) is 65.5 Å². The highest BCUT2D eigenvalue weighted by molar-refractivity contribution is 5.83. The van der Waals surface area contributed by atoms with Gasteiger partial charge >= 0.3 is 6.18 Å². The van der Waals surface area contributed by atoms with Crippen molar-refractivity contribution in [3.63, 3.8) is 0 Å². The lowest BCUT2D eigenvalue weighted by Gasteiger charge is -2.14. The van der Waals surface area contributed by atoms with Gasteiger partial charge in [0.2, 0.25) is 5.91 Å². The highest BCUT2D eigenvalue weighted by Gasteiger charge is 2.30. The second kappa shape index (κ2) is 7.38. The minimum Gasteiger partial charge on any atom is -0.368 e. The number of carbonyl (C=O) groups excluding carboxylic acids is 1. The van der Waals surface area contributed by atoms with E-state index in [2.05, 4.69) is 10.4 Å². The van der Waals surface area contributed by atoms with Gasteiger partial charge in [-0.3, -0.25) is 9.48 Å². The van der Waals surface area contributed by atoms with E-state index in [1.165, 1.54) is 10.7 Å². The number of hydrogen-bond donors (Lipinski definition) is 2. The van der Waals surface area contributed by atoms with Gasteiger partial charge in [-0.2, -0.15) is 18.3 Å². The normalized spacial score (nSPS) is 11.5. The molecule has 8 heteroatoms. The van der Waals surface area contributed by atoms with Crippen molar-refractivity contribution in [2.45, 2.75) is 26.6 Å². The summed E-state index contributed by atoms with van der Waals surface area (Å²) in [4.78, 5) is 11.3. The first-order chi connectivity index (χ1) is 13.2. The Morgan fingerprint density at radius 3 is 2.54 bits per heavy atom. The third kappa shape index (κ3) is 4.00. The molecule has 0 aliphatic carbocycles. The number of aromatic nitrogens is 2. The number of hydrogen-bond acceptors (Lipinski definition) is 3. The fourth-order valence-corrected chi connectivity index (χ4v) is 3.13. The van der Waals surface area contributed by atoms with Crippen LogP contribution < -0.4 is 11.1 Å². The highest BCUT2D eigenvalue weighted by Crippen LogP contribution is 2.36. The topological polar surface area (TPSA) is 72.9 Å². The molecule has 0 bridgehead atoms. The monoisotopic (exact) mass is 388 g/mol. The summed E-state index contributed by atoms with van der Waals surface area (Å²) in [5.74, 6) is -0.507. The van der Waals surface area contributed by atoms with Crippen LogP contribution in [0.2, 0.25) is 0 Å². The van der Waals surface area contributed by atoms with Crippen LogP contribution >= 0.6 is 0 Å². The van der Waals surface area contributed by atoms with Crippen LogP contribution in [0.15, 0.2) is 48.5 Å². The van der Waals surface area contributed by atoms with Gasteiger partial charge in [0, 0.05) is 28.2 Å². The van der Waals surface area contributed by atoms with Crippen molar-refractivity contribution in [2.24, 2.45) is 5.73 Å². The van der Waals surface area contributed by atoms with Crippen LogP contribution in [0, 0.1) is 13.8 Å². The van der Waals surface area contributed by atoms with E-state index in [0.29, 0.717) is 17.1 Å². The second-order valence-electron chi connectivity index (χ2n) is 6.42. The summed E-state index contributed by atoms with van der Waals surface area (Å²) < 4.78 is 40.5. The fourth-order valence-electron chi connectivity index (χ4n) is 3.13. The van der Waals surface area contributed by atoms with Crippen LogP contribution in [-0.4, -0.2) is 15.7 Å². The van der Waals surface area contributed by atoms with Gasteiger partial charge < -0.3 is 11.1 Å². The Hall–Kier alpha value is -3.29. The molecule has 0 unspecified atom stereocenters. The summed E-state index contributed by atoms with van der Waals surface area (Å²) in [6, 6.07) is 12.3. The molecule has 3 N–H and O–H groups in total. The van der Waals surface area contributed by atoms with Gasteiger partial charge in [-0.25, -0.2) is 0 Å². The lowest BCUT2D eigenvalue weighted by Crippen LogP contribution is -2.20. The minimum absolute atomic E-state index is 0.0457. The summed E-state index contributed by atoms with van der Waals surface area (Å²) in [7, 11) is 0. The zero-order valence-electron chi connectivity index (χ0n) is 15.3. The van der Waals surface area contributed by atoms with Gasteiger partial charge in [-0.1, -0.05) is 24.3 Å². The summed E-state index contributed by atoms with van der Waals surface area (Å²) in [6.45, 7) is 3.58. The van der Waals surface area contributed by atoms with E-state index in [9.17, 15) is 18.0 Å². The first kappa shape index (κ1) is 19.5. The van der Waals surface area contributed by atoms with E-state index in [-0.39, 0.29) is 6.54 Å². The fraction of sp³-hybridized carbons (Fsp3) is 0.200. The molecule has 28 heavy (non-hydrogen) atoms. The number of rotatable bonds is 5. The SMILES string of the molecule is Cc1nn(CC(N)=O)c(C)c1-c1ccccc1Nc1cccc(C(F)(F)F)c1. The van der Waals surface area contributed by atoms with Crippen LogP contribution in [0.3, 0.4) is 0 Å². The van der Waals surface area contributed by atoms with Crippen molar-refractivity contribution in [1.29, 1.82) is 0 Å². The first-order valence-corrected chi connectivity index (χ1v) is 8.53. The molecule has 3 aromatic rings. The molecule has 1 heterocycles. The average molecular weight is 388 g/mol. The third-order valence-corrected chi connectivity index (χ3v) is 4.35. The minimum atomic E-state index is -4.42. The van der Waals surface area contributed by atoms with E-state index in [4.69, 9.17) is 5.73 Å². The molecule has 3 rings (SSSR count). The molecule has 0 atom stereocenters. The van der Waals surface area contributed by atoms with Gasteiger partial charge in [0.25, 0.3) is 0 Å². The largest absolute Gasteiger partial charge is 0.416 e. The number of para-hydroxylation sites is 1. The van der Waals surface area contributed by atoms with Crippen LogP contribution in [0.4, 0.5) is 24.5 Å². The van der Waals surface area contributed by atoms with Crippen molar-refractivity contribution in [1.82, 2.24) is 9.78 Å². The Morgan fingerprint density at radius 2 is 1.86 bits per heavy atom. The quantitative estimate of drug-likeness (QED) is 0.680. The zero-order valence-corrected chi connectivity index (χ0v) is 15.3. The Balaban J connectivity index is 2.02. The zero-order chi connectivity index (χ0) is 20.5. The Bertz CT molecular complexity index is 1020. The number of carbonyl (C=O) groups is 1. The Kier molecular flexibility index (Phi) is 5.13. The molecule has 1 aromatic heterocycles. The van der Waals surface area contributed by atoms with Crippen LogP contribution in [0.25, 0.3) is 11.1 Å². The van der Waals surface area contributed by atoms with Gasteiger partial charge in [-0.05, 0) is 38.1 Å². The number of halogens is 3. The van der Waals surface area contributed by atoms with E-state index in [0.717, 1.165) is 29.0 Å². The van der Waals surface area contributed by atoms with E-state index < -0.39 is 17.6 Å². The number of alkyl halides is 3. The predicted octanol–water partition coefficient (Wildman–Crippen LogP) is 4.41. The number of amides is 1. The number of aryl methyl sites for hydroxylation is 1. The van der Waals surface area contributed by atoms with Crippen LogP contribution in [0.1, 0.15) is 17.0 Å². The van der Waals surface area contributed by atoms with Crippen molar-refractivity contribution in [3.8, 4) is 11.1 Å². The molecule has 146 valence electrons. The standard InChI is InChI=1S/C20H19F3N4O/c1-12-19(13(2)27(26-12)11-18(24)28)16-8-3-4-9-17(16)25-15-7-5-6-14(10-15)20(21,22)23/h3-10,25H,11H2,1-2H3,(H2,24,28). The molecule has 0 radical (unpaired) electrons. The van der Waals surface area contributed by atoms with Crippen LogP contribution in [0.5, 0.6) is 0 Å². The summed E-state index contributed by atoms with van der Waals surface area (Å²) in [6.07, 6.45) is -4.42. The summed E-state index contributed by atoms with van der Waals surface area (Å²) in [5, 5.41) is 7.42.